The standard InChI is InChI=1S/C21H20FN3O4S/c1-11-17(13(3)26)12(2)24-18(11)19(27)23-8-9-25-20(28)16(30-21(25)29)10-14-4-6-15(22)7-5-14/h4-7,10,24H,8-9H2,1-3H3,(H,23,27)/b16-10-. The Bertz CT molecular complexity index is 1070. The fraction of sp³-hybridized carbons (Fsp3) is 0.238. The van der Waals surface area contributed by atoms with Gasteiger partial charge in [-0.2, -0.15) is 0 Å². The number of halogens is 1. The van der Waals surface area contributed by atoms with Crippen molar-refractivity contribution in [2.45, 2.75) is 20.8 Å². The molecule has 0 radical (unpaired) electrons. The average molecular weight is 429 g/mol. The molecular weight excluding hydrogens is 409 g/mol. The van der Waals surface area contributed by atoms with Crippen LogP contribution < -0.4 is 5.32 Å². The Labute approximate surface area is 176 Å². The number of benzene rings is 1. The van der Waals surface area contributed by atoms with Gasteiger partial charge >= 0.3 is 0 Å². The van der Waals surface area contributed by atoms with Crippen LogP contribution in [-0.4, -0.2) is 45.8 Å². The van der Waals surface area contributed by atoms with Crippen molar-refractivity contribution in [2.24, 2.45) is 0 Å². The van der Waals surface area contributed by atoms with Crippen LogP contribution >= 0.6 is 11.8 Å². The number of imide groups is 1. The number of thioether (sulfide) groups is 1. The minimum atomic E-state index is -0.464. The monoisotopic (exact) mass is 429 g/mol. The summed E-state index contributed by atoms with van der Waals surface area (Å²) < 4.78 is 13.0. The molecule has 9 heteroatoms. The van der Waals surface area contributed by atoms with Crippen LogP contribution in [0, 0.1) is 19.7 Å². The van der Waals surface area contributed by atoms with Crippen molar-refractivity contribution in [3.05, 3.63) is 63.1 Å². The van der Waals surface area contributed by atoms with E-state index in [1.165, 1.54) is 37.3 Å². The van der Waals surface area contributed by atoms with Crippen LogP contribution in [0.1, 0.15) is 44.6 Å². The zero-order valence-corrected chi connectivity index (χ0v) is 17.5. The molecule has 1 aromatic heterocycles. The molecule has 1 saturated heterocycles. The molecule has 0 bridgehead atoms. The van der Waals surface area contributed by atoms with Crippen molar-refractivity contribution < 1.29 is 23.6 Å². The van der Waals surface area contributed by atoms with Gasteiger partial charge in [0.25, 0.3) is 17.1 Å². The van der Waals surface area contributed by atoms with Crippen LogP contribution in [0.15, 0.2) is 29.2 Å². The van der Waals surface area contributed by atoms with E-state index in [1.807, 2.05) is 0 Å². The summed E-state index contributed by atoms with van der Waals surface area (Å²) in [6.45, 7) is 4.91. The number of hydrogen-bond acceptors (Lipinski definition) is 5. The van der Waals surface area contributed by atoms with Gasteiger partial charge in [0.15, 0.2) is 5.78 Å². The third-order valence-electron chi connectivity index (χ3n) is 4.68. The summed E-state index contributed by atoms with van der Waals surface area (Å²) in [7, 11) is 0. The normalized spacial score (nSPS) is 15.2. The number of nitrogens with zero attached hydrogens (tertiary/aromatic N) is 1. The number of nitrogens with one attached hydrogen (secondary N) is 2. The van der Waals surface area contributed by atoms with Crippen LogP contribution in [0.4, 0.5) is 9.18 Å². The molecule has 1 fully saturated rings. The number of amides is 3. The van der Waals surface area contributed by atoms with E-state index in [9.17, 15) is 23.6 Å². The molecule has 1 aliphatic rings. The van der Waals surface area contributed by atoms with Crippen molar-refractivity contribution in [1.29, 1.82) is 0 Å². The highest BCUT2D eigenvalue weighted by Gasteiger charge is 2.34. The summed E-state index contributed by atoms with van der Waals surface area (Å²) in [6, 6.07) is 5.57. The number of Topliss-reactive ketones (excluding diaryl/α,β-unsaturated/α-hetero) is 1. The fourth-order valence-corrected chi connectivity index (χ4v) is 4.14. The molecule has 7 nitrogen and oxygen atoms in total. The molecule has 156 valence electrons. The van der Waals surface area contributed by atoms with Gasteiger partial charge in [0, 0.05) is 24.3 Å². The number of aromatic nitrogens is 1. The quantitative estimate of drug-likeness (QED) is 0.541. The largest absolute Gasteiger partial charge is 0.354 e. The van der Waals surface area contributed by atoms with Crippen LogP contribution in [0.3, 0.4) is 0 Å². The van der Waals surface area contributed by atoms with Crippen molar-refractivity contribution in [1.82, 2.24) is 15.2 Å². The summed E-state index contributed by atoms with van der Waals surface area (Å²) in [5.74, 6) is -1.41. The second-order valence-electron chi connectivity index (χ2n) is 6.82. The molecule has 0 atom stereocenters. The fourth-order valence-electron chi connectivity index (χ4n) is 3.28. The highest BCUT2D eigenvalue weighted by atomic mass is 32.2. The summed E-state index contributed by atoms with van der Waals surface area (Å²) in [4.78, 5) is 53.0. The van der Waals surface area contributed by atoms with Crippen LogP contribution in [0.5, 0.6) is 0 Å². The lowest BCUT2D eigenvalue weighted by atomic mass is 10.1. The number of H-pyrrole nitrogens is 1. The van der Waals surface area contributed by atoms with E-state index in [0.717, 1.165) is 16.7 Å². The Kier molecular flexibility index (Phi) is 6.21. The maximum absolute atomic E-state index is 13.0. The molecule has 0 saturated carbocycles. The summed E-state index contributed by atoms with van der Waals surface area (Å²) in [5.41, 5.74) is 2.54. The minimum absolute atomic E-state index is 0.00939. The number of hydrogen-bond donors (Lipinski definition) is 2. The first kappa shape index (κ1) is 21.5. The Hall–Kier alpha value is -3.20. The summed E-state index contributed by atoms with van der Waals surface area (Å²) in [5, 5.41) is 2.22. The summed E-state index contributed by atoms with van der Waals surface area (Å²) >= 11 is 0.795. The van der Waals surface area contributed by atoms with Crippen LogP contribution in [0.2, 0.25) is 0 Å². The zero-order chi connectivity index (χ0) is 22.0. The highest BCUT2D eigenvalue weighted by molar-refractivity contribution is 8.18. The lowest BCUT2D eigenvalue weighted by Crippen LogP contribution is -2.37. The number of aryl methyl sites for hydroxylation is 1. The molecule has 1 aromatic carbocycles. The maximum atomic E-state index is 13.0. The maximum Gasteiger partial charge on any atom is 0.293 e. The Morgan fingerprint density at radius 2 is 1.87 bits per heavy atom. The topological polar surface area (TPSA) is 99.3 Å². The molecular formula is C21H20FN3O4S. The third kappa shape index (κ3) is 4.35. The highest BCUT2D eigenvalue weighted by Crippen LogP contribution is 2.31. The van der Waals surface area contributed by atoms with Crippen molar-refractivity contribution in [3.63, 3.8) is 0 Å². The smallest absolute Gasteiger partial charge is 0.293 e. The van der Waals surface area contributed by atoms with Gasteiger partial charge in [0.2, 0.25) is 0 Å². The molecule has 30 heavy (non-hydrogen) atoms. The van der Waals surface area contributed by atoms with Crippen molar-refractivity contribution in [3.8, 4) is 0 Å². The molecule has 0 aliphatic carbocycles. The number of carbonyl (C=O) groups excluding carboxylic acids is 4. The molecule has 2 N–H and O–H groups in total. The average Bonchev–Trinajstić information content (AvgIpc) is 3.13. The second kappa shape index (κ2) is 8.66. The lowest BCUT2D eigenvalue weighted by Gasteiger charge is -2.13. The van der Waals surface area contributed by atoms with Crippen molar-refractivity contribution >= 4 is 40.7 Å². The van der Waals surface area contributed by atoms with Gasteiger partial charge in [0.05, 0.1) is 4.91 Å². The van der Waals surface area contributed by atoms with Gasteiger partial charge in [-0.05, 0) is 61.9 Å². The van der Waals surface area contributed by atoms with Gasteiger partial charge in [-0.1, -0.05) is 12.1 Å². The van der Waals surface area contributed by atoms with E-state index in [-0.39, 0.29) is 35.3 Å². The molecule has 3 rings (SSSR count). The van der Waals surface area contributed by atoms with Gasteiger partial charge in [-0.25, -0.2) is 4.39 Å². The zero-order valence-electron chi connectivity index (χ0n) is 16.7. The minimum Gasteiger partial charge on any atom is -0.354 e. The molecule has 2 aromatic rings. The Morgan fingerprint density at radius 1 is 1.20 bits per heavy atom. The molecule has 2 heterocycles. The van der Waals surface area contributed by atoms with E-state index in [1.54, 1.807) is 13.8 Å². The number of rotatable bonds is 6. The molecule has 0 unspecified atom stereocenters. The second-order valence-corrected chi connectivity index (χ2v) is 7.82. The third-order valence-corrected chi connectivity index (χ3v) is 5.59. The van der Waals surface area contributed by atoms with E-state index in [4.69, 9.17) is 0 Å². The van der Waals surface area contributed by atoms with Crippen LogP contribution in [0.25, 0.3) is 6.08 Å². The number of ketones is 1. The van der Waals surface area contributed by atoms with Crippen LogP contribution in [-0.2, 0) is 4.79 Å². The first-order chi connectivity index (χ1) is 14.2. The van der Waals surface area contributed by atoms with E-state index in [2.05, 4.69) is 10.3 Å². The number of carbonyl (C=O) groups is 4. The predicted molar refractivity (Wildman–Crippen MR) is 112 cm³/mol. The lowest BCUT2D eigenvalue weighted by molar-refractivity contribution is -0.122. The van der Waals surface area contributed by atoms with E-state index >= 15 is 0 Å². The first-order valence-electron chi connectivity index (χ1n) is 9.18. The van der Waals surface area contributed by atoms with E-state index in [0.29, 0.717) is 22.4 Å². The Balaban J connectivity index is 1.62. The van der Waals surface area contributed by atoms with Crippen molar-refractivity contribution in [2.75, 3.05) is 13.1 Å². The van der Waals surface area contributed by atoms with Gasteiger partial charge in [0.1, 0.15) is 11.5 Å². The first-order valence-corrected chi connectivity index (χ1v) is 10.00. The van der Waals surface area contributed by atoms with Gasteiger partial charge < -0.3 is 10.3 Å². The Morgan fingerprint density at radius 3 is 2.47 bits per heavy atom. The number of aromatic amines is 1. The van der Waals surface area contributed by atoms with E-state index < -0.39 is 17.1 Å². The van der Waals surface area contributed by atoms with Gasteiger partial charge in [-0.3, -0.25) is 24.1 Å². The SMILES string of the molecule is CC(=O)c1c(C)[nH]c(C(=O)NCCN2C(=O)S/C(=C\c3ccc(F)cc3)C2=O)c1C. The molecule has 3 amide bonds. The predicted octanol–water partition coefficient (Wildman–Crippen LogP) is 3.44. The summed E-state index contributed by atoms with van der Waals surface area (Å²) in [6.07, 6.45) is 1.53. The molecule has 0 spiro atoms. The molecule has 1 aliphatic heterocycles. The van der Waals surface area contributed by atoms with Gasteiger partial charge in [-0.15, -0.1) is 0 Å².